The lowest BCUT2D eigenvalue weighted by molar-refractivity contribution is 0.00692. The number of fused-ring (bicyclic) bond motifs is 1. The minimum atomic E-state index is -0.631. The zero-order valence-corrected chi connectivity index (χ0v) is 15.8. The number of nitrogens with one attached hydrogen (secondary N) is 2. The molecule has 7 heteroatoms. The highest BCUT2D eigenvalue weighted by Gasteiger charge is 2.21. The van der Waals surface area contributed by atoms with Gasteiger partial charge in [0, 0.05) is 36.9 Å². The van der Waals surface area contributed by atoms with Crippen LogP contribution in [0.5, 0.6) is 0 Å². The third-order valence-corrected chi connectivity index (χ3v) is 3.90. The fourth-order valence-corrected chi connectivity index (χ4v) is 2.75. The number of rotatable bonds is 4. The van der Waals surface area contributed by atoms with Gasteiger partial charge in [-0.05, 0) is 44.5 Å². The highest BCUT2D eigenvalue weighted by molar-refractivity contribution is 5.96. The van der Waals surface area contributed by atoms with Crippen molar-refractivity contribution < 1.29 is 14.3 Å². The van der Waals surface area contributed by atoms with Crippen LogP contribution in [0.2, 0.25) is 0 Å². The van der Waals surface area contributed by atoms with Crippen LogP contribution < -0.4 is 5.32 Å². The Morgan fingerprint density at radius 3 is 2.70 bits per heavy atom. The van der Waals surface area contributed by atoms with Gasteiger partial charge in [0.05, 0.1) is 17.3 Å². The average molecular weight is 366 g/mol. The molecule has 7 nitrogen and oxygen atoms in total. The molecule has 0 aliphatic heterocycles. The van der Waals surface area contributed by atoms with Crippen molar-refractivity contribution in [3.8, 4) is 0 Å². The zero-order valence-electron chi connectivity index (χ0n) is 15.8. The third kappa shape index (κ3) is 4.31. The number of hydrogen-bond donors (Lipinski definition) is 2. The summed E-state index contributed by atoms with van der Waals surface area (Å²) in [6.07, 6.45) is 5.79. The number of ether oxygens (including phenoxy) is 1. The predicted molar refractivity (Wildman–Crippen MR) is 102 cm³/mol. The second-order valence-electron chi connectivity index (χ2n) is 7.23. The van der Waals surface area contributed by atoms with E-state index in [0.29, 0.717) is 17.7 Å². The first kappa shape index (κ1) is 18.6. The molecule has 0 saturated heterocycles. The van der Waals surface area contributed by atoms with E-state index in [-0.39, 0.29) is 11.6 Å². The number of aromatic nitrogens is 3. The summed E-state index contributed by atoms with van der Waals surface area (Å²) in [5.41, 5.74) is 2.29. The number of nitrogens with zero attached hydrogens (tertiary/aromatic N) is 2. The van der Waals surface area contributed by atoms with Gasteiger partial charge in [-0.15, -0.1) is 0 Å². The van der Waals surface area contributed by atoms with Crippen LogP contribution in [-0.2, 0) is 11.2 Å². The Bertz CT molecular complexity index is 1000. The van der Waals surface area contributed by atoms with Crippen LogP contribution in [0.25, 0.3) is 10.9 Å². The van der Waals surface area contributed by atoms with E-state index in [1.807, 2.05) is 12.3 Å². The molecule has 27 heavy (non-hydrogen) atoms. The minimum absolute atomic E-state index is 0.171. The molecule has 0 aliphatic rings. The number of hydrogen-bond acceptors (Lipinski definition) is 5. The molecule has 3 rings (SSSR count). The van der Waals surface area contributed by atoms with Crippen molar-refractivity contribution in [1.29, 1.82) is 0 Å². The number of H-pyrrole nitrogens is 1. The van der Waals surface area contributed by atoms with Gasteiger partial charge >= 0.3 is 5.97 Å². The van der Waals surface area contributed by atoms with Crippen molar-refractivity contribution in [3.05, 3.63) is 59.3 Å². The van der Waals surface area contributed by atoms with Crippen LogP contribution in [0.1, 0.15) is 52.9 Å². The van der Waals surface area contributed by atoms with Crippen molar-refractivity contribution in [2.24, 2.45) is 0 Å². The van der Waals surface area contributed by atoms with Crippen molar-refractivity contribution >= 4 is 22.8 Å². The number of aromatic amines is 1. The van der Waals surface area contributed by atoms with Gasteiger partial charge in [-0.1, -0.05) is 0 Å². The maximum Gasteiger partial charge on any atom is 0.338 e. The summed E-state index contributed by atoms with van der Waals surface area (Å²) < 4.78 is 5.44. The molecule has 0 bridgehead atoms. The third-order valence-electron chi connectivity index (χ3n) is 3.90. The molecular weight excluding hydrogens is 344 g/mol. The molecule has 3 aromatic heterocycles. The van der Waals surface area contributed by atoms with Gasteiger partial charge in [-0.25, -0.2) is 9.78 Å². The molecule has 1 amide bonds. The zero-order chi connectivity index (χ0) is 19.6. The molecule has 0 atom stereocenters. The van der Waals surface area contributed by atoms with Crippen LogP contribution in [0.3, 0.4) is 0 Å². The number of carbonyl (C=O) groups is 2. The second kappa shape index (κ2) is 7.19. The largest absolute Gasteiger partial charge is 0.456 e. The molecule has 0 fully saturated rings. The summed E-state index contributed by atoms with van der Waals surface area (Å²) in [7, 11) is 1.52. The molecule has 3 aromatic rings. The molecule has 2 N–H and O–H groups in total. The Hall–Kier alpha value is -3.22. The highest BCUT2D eigenvalue weighted by atomic mass is 16.6. The molecule has 0 saturated carbocycles. The quantitative estimate of drug-likeness (QED) is 0.692. The highest BCUT2D eigenvalue weighted by Crippen LogP contribution is 2.20. The first-order chi connectivity index (χ1) is 12.8. The van der Waals surface area contributed by atoms with Crippen LogP contribution in [0.15, 0.2) is 36.8 Å². The Kier molecular flexibility index (Phi) is 4.94. The molecule has 0 radical (unpaired) electrons. The molecule has 0 aromatic carbocycles. The lowest BCUT2D eigenvalue weighted by Crippen LogP contribution is -2.25. The first-order valence-electron chi connectivity index (χ1n) is 8.63. The number of carbonyl (C=O) groups excluding carboxylic acids is 2. The van der Waals surface area contributed by atoms with Gasteiger partial charge in [0.15, 0.2) is 0 Å². The van der Waals surface area contributed by atoms with E-state index < -0.39 is 11.6 Å². The van der Waals surface area contributed by atoms with Gasteiger partial charge in [0.2, 0.25) is 0 Å². The number of pyridine rings is 2. The smallest absolute Gasteiger partial charge is 0.338 e. The maximum atomic E-state index is 12.5. The van der Waals surface area contributed by atoms with Crippen LogP contribution in [0, 0.1) is 0 Å². The summed E-state index contributed by atoms with van der Waals surface area (Å²) >= 11 is 0. The van der Waals surface area contributed by atoms with Crippen LogP contribution in [0.4, 0.5) is 0 Å². The van der Waals surface area contributed by atoms with Crippen molar-refractivity contribution in [1.82, 2.24) is 20.3 Å². The van der Waals surface area contributed by atoms with Gasteiger partial charge in [0.25, 0.3) is 5.91 Å². The molecule has 140 valence electrons. The molecule has 0 spiro atoms. The maximum absolute atomic E-state index is 12.5. The lowest BCUT2D eigenvalue weighted by Gasteiger charge is -2.20. The molecule has 3 heterocycles. The Morgan fingerprint density at radius 1 is 1.22 bits per heavy atom. The monoisotopic (exact) mass is 366 g/mol. The van der Waals surface area contributed by atoms with Crippen molar-refractivity contribution in [2.45, 2.75) is 32.8 Å². The molecular formula is C20H22N4O3. The fraction of sp³-hybridized carbons (Fsp3) is 0.300. The number of esters is 1. The molecule has 0 aliphatic carbocycles. The minimum Gasteiger partial charge on any atom is -0.456 e. The summed E-state index contributed by atoms with van der Waals surface area (Å²) in [5.74, 6) is -0.853. The van der Waals surface area contributed by atoms with E-state index >= 15 is 0 Å². The predicted octanol–water partition coefficient (Wildman–Crippen LogP) is 2.86. The topological polar surface area (TPSA) is 97.0 Å². The summed E-state index contributed by atoms with van der Waals surface area (Å²) in [6.45, 7) is 5.39. The SMILES string of the molecule is CNC(=O)c1cc(C(=O)OC(C)(C)C)cc(Cc2cncc3[nH]ccc23)n1. The van der Waals surface area contributed by atoms with E-state index in [1.54, 1.807) is 39.2 Å². The van der Waals surface area contributed by atoms with Crippen molar-refractivity contribution in [3.63, 3.8) is 0 Å². The van der Waals surface area contributed by atoms with E-state index in [0.717, 1.165) is 16.5 Å². The van der Waals surface area contributed by atoms with Gasteiger partial charge in [0.1, 0.15) is 11.3 Å². The Morgan fingerprint density at radius 2 is 2.00 bits per heavy atom. The van der Waals surface area contributed by atoms with E-state index in [1.165, 1.54) is 13.1 Å². The summed E-state index contributed by atoms with van der Waals surface area (Å²) in [5, 5.41) is 3.57. The van der Waals surface area contributed by atoms with E-state index in [4.69, 9.17) is 4.74 Å². The summed E-state index contributed by atoms with van der Waals surface area (Å²) in [4.78, 5) is 36.4. The molecule has 0 unspecified atom stereocenters. The van der Waals surface area contributed by atoms with Crippen LogP contribution in [-0.4, -0.2) is 39.5 Å². The Balaban J connectivity index is 2.01. The second-order valence-corrected chi connectivity index (χ2v) is 7.23. The standard InChI is InChI=1S/C20H22N4O3/c1-20(2,3)27-19(26)12-7-14(24-16(9-12)18(25)21-4)8-13-10-22-11-17-15(13)5-6-23-17/h5-7,9-11,23H,8H2,1-4H3,(H,21,25). The number of amides is 1. The van der Waals surface area contributed by atoms with E-state index in [9.17, 15) is 9.59 Å². The van der Waals surface area contributed by atoms with Crippen LogP contribution >= 0.6 is 0 Å². The first-order valence-corrected chi connectivity index (χ1v) is 8.63. The lowest BCUT2D eigenvalue weighted by atomic mass is 10.1. The van der Waals surface area contributed by atoms with Crippen molar-refractivity contribution in [2.75, 3.05) is 7.05 Å². The van der Waals surface area contributed by atoms with Gasteiger partial charge in [-0.3, -0.25) is 9.78 Å². The normalized spacial score (nSPS) is 11.4. The average Bonchev–Trinajstić information content (AvgIpc) is 3.09. The fourth-order valence-electron chi connectivity index (χ4n) is 2.75. The van der Waals surface area contributed by atoms with Gasteiger partial charge in [-0.2, -0.15) is 0 Å². The Labute approximate surface area is 157 Å². The summed E-state index contributed by atoms with van der Waals surface area (Å²) in [6, 6.07) is 5.07. The van der Waals surface area contributed by atoms with Gasteiger partial charge < -0.3 is 15.0 Å². The van der Waals surface area contributed by atoms with E-state index in [2.05, 4.69) is 20.3 Å².